The van der Waals surface area contributed by atoms with Crippen molar-refractivity contribution < 1.29 is 0 Å². The second kappa shape index (κ2) is 3.81. The maximum atomic E-state index is 4.38. The summed E-state index contributed by atoms with van der Waals surface area (Å²) in [6.45, 7) is 1.95. The van der Waals surface area contributed by atoms with Gasteiger partial charge in [0.2, 0.25) is 0 Å². The van der Waals surface area contributed by atoms with E-state index in [4.69, 9.17) is 0 Å². The molecule has 17 heavy (non-hydrogen) atoms. The van der Waals surface area contributed by atoms with Gasteiger partial charge in [0.05, 0.1) is 11.3 Å². The van der Waals surface area contributed by atoms with Crippen LogP contribution in [0.4, 0.5) is 5.69 Å². The van der Waals surface area contributed by atoms with E-state index in [2.05, 4.69) is 25.5 Å². The third kappa shape index (κ3) is 1.57. The van der Waals surface area contributed by atoms with Crippen LogP contribution in [0, 0.1) is 6.92 Å². The molecule has 5 nitrogen and oxygen atoms in total. The van der Waals surface area contributed by atoms with Crippen LogP contribution in [0.5, 0.6) is 0 Å². The molecule has 0 atom stereocenters. The van der Waals surface area contributed by atoms with E-state index in [1.54, 1.807) is 11.3 Å². The highest BCUT2D eigenvalue weighted by Crippen LogP contribution is 2.34. The van der Waals surface area contributed by atoms with Crippen LogP contribution < -0.4 is 5.32 Å². The van der Waals surface area contributed by atoms with Gasteiger partial charge in [0.25, 0.3) is 0 Å². The number of aromatic amines is 1. The van der Waals surface area contributed by atoms with E-state index in [0.717, 1.165) is 32.3 Å². The lowest BCUT2D eigenvalue weighted by molar-refractivity contribution is 1.05. The number of nitrogens with zero attached hydrogens (tertiary/aromatic N) is 3. The summed E-state index contributed by atoms with van der Waals surface area (Å²) < 4.78 is 0. The Morgan fingerprint density at radius 2 is 2.24 bits per heavy atom. The molecule has 3 aromatic rings. The van der Waals surface area contributed by atoms with E-state index >= 15 is 0 Å². The van der Waals surface area contributed by atoms with Gasteiger partial charge < -0.3 is 10.3 Å². The molecule has 0 amide bonds. The van der Waals surface area contributed by atoms with Crippen LogP contribution in [0.1, 0.15) is 5.01 Å². The van der Waals surface area contributed by atoms with Gasteiger partial charge in [0.1, 0.15) is 10.7 Å². The van der Waals surface area contributed by atoms with Gasteiger partial charge in [-0.25, -0.2) is 4.98 Å². The molecule has 0 saturated heterocycles. The molecule has 0 radical (unpaired) electrons. The van der Waals surface area contributed by atoms with Gasteiger partial charge in [0.15, 0.2) is 5.01 Å². The van der Waals surface area contributed by atoms with E-state index in [1.807, 2.05) is 32.4 Å². The zero-order valence-corrected chi connectivity index (χ0v) is 10.3. The first kappa shape index (κ1) is 10.2. The van der Waals surface area contributed by atoms with Crippen molar-refractivity contribution in [1.82, 2.24) is 20.2 Å². The van der Waals surface area contributed by atoms with Crippen molar-refractivity contribution in [3.63, 3.8) is 0 Å². The number of pyridine rings is 1. The van der Waals surface area contributed by atoms with Crippen LogP contribution in [0.25, 0.3) is 21.6 Å². The number of hydrogen-bond acceptors (Lipinski definition) is 5. The average molecular weight is 245 g/mol. The fourth-order valence-electron chi connectivity index (χ4n) is 1.84. The largest absolute Gasteiger partial charge is 0.387 e. The zero-order chi connectivity index (χ0) is 11.8. The van der Waals surface area contributed by atoms with Crippen LogP contribution >= 0.6 is 11.3 Å². The number of hydrogen-bond donors (Lipinski definition) is 2. The third-order valence-corrected chi connectivity index (χ3v) is 3.47. The first-order chi connectivity index (χ1) is 8.29. The molecule has 0 unspecified atom stereocenters. The van der Waals surface area contributed by atoms with Gasteiger partial charge in [-0.3, -0.25) is 0 Å². The van der Waals surface area contributed by atoms with Gasteiger partial charge in [-0.2, -0.15) is 0 Å². The fraction of sp³-hybridized carbons (Fsp3) is 0.182. The van der Waals surface area contributed by atoms with Crippen LogP contribution in [0.2, 0.25) is 0 Å². The summed E-state index contributed by atoms with van der Waals surface area (Å²) in [5, 5.41) is 14.3. The van der Waals surface area contributed by atoms with Crippen molar-refractivity contribution in [2.75, 3.05) is 12.4 Å². The first-order valence-electron chi connectivity index (χ1n) is 5.24. The zero-order valence-electron chi connectivity index (χ0n) is 9.48. The minimum atomic E-state index is 0.874. The molecule has 0 fully saturated rings. The lowest BCUT2D eigenvalue weighted by Gasteiger charge is -2.06. The Bertz CT molecular complexity index is 669. The molecule has 0 saturated carbocycles. The molecule has 3 rings (SSSR count). The van der Waals surface area contributed by atoms with Gasteiger partial charge in [0, 0.05) is 24.8 Å². The number of fused-ring (bicyclic) bond motifs is 1. The van der Waals surface area contributed by atoms with Gasteiger partial charge >= 0.3 is 0 Å². The Labute approximate surface area is 102 Å². The highest BCUT2D eigenvalue weighted by atomic mass is 32.1. The molecule has 3 heterocycles. The molecule has 0 aliphatic rings. The molecule has 6 heteroatoms. The molecule has 2 N–H and O–H groups in total. The normalized spacial score (nSPS) is 10.9. The Kier molecular flexibility index (Phi) is 2.29. The van der Waals surface area contributed by atoms with Crippen LogP contribution in [-0.2, 0) is 0 Å². The van der Waals surface area contributed by atoms with Crippen molar-refractivity contribution in [3.8, 4) is 10.6 Å². The Hall–Kier alpha value is -1.95. The maximum absolute atomic E-state index is 4.38. The molecule has 0 aliphatic heterocycles. The second-order valence-corrected chi connectivity index (χ2v) is 4.84. The first-order valence-corrected chi connectivity index (χ1v) is 6.05. The van der Waals surface area contributed by atoms with E-state index in [-0.39, 0.29) is 0 Å². The minimum absolute atomic E-state index is 0.874. The number of H-pyrrole nitrogens is 1. The van der Waals surface area contributed by atoms with E-state index in [1.165, 1.54) is 0 Å². The molecule has 86 valence electrons. The highest BCUT2D eigenvalue weighted by molar-refractivity contribution is 7.14. The van der Waals surface area contributed by atoms with Crippen molar-refractivity contribution in [2.45, 2.75) is 6.92 Å². The topological polar surface area (TPSA) is 66.5 Å². The van der Waals surface area contributed by atoms with Crippen LogP contribution in [0.15, 0.2) is 18.5 Å². The number of nitrogens with one attached hydrogen (secondary N) is 2. The predicted octanol–water partition coefficient (Wildman–Crippen LogP) is 2.43. The van der Waals surface area contributed by atoms with Crippen LogP contribution in [0.3, 0.4) is 0 Å². The average Bonchev–Trinajstić information content (AvgIpc) is 2.95. The minimum Gasteiger partial charge on any atom is -0.387 e. The summed E-state index contributed by atoms with van der Waals surface area (Å²) >= 11 is 1.57. The van der Waals surface area contributed by atoms with E-state index in [0.29, 0.717) is 0 Å². The molecule has 0 spiro atoms. The Morgan fingerprint density at radius 1 is 1.35 bits per heavy atom. The lowest BCUT2D eigenvalue weighted by Crippen LogP contribution is -1.94. The number of aryl methyl sites for hydroxylation is 1. The monoisotopic (exact) mass is 245 g/mol. The Morgan fingerprint density at radius 3 is 2.94 bits per heavy atom. The van der Waals surface area contributed by atoms with Gasteiger partial charge in [-0.1, -0.05) is 11.3 Å². The molecular weight excluding hydrogens is 234 g/mol. The van der Waals surface area contributed by atoms with Gasteiger partial charge in [-0.15, -0.1) is 10.2 Å². The maximum Gasteiger partial charge on any atom is 0.151 e. The number of anilines is 1. The van der Waals surface area contributed by atoms with Gasteiger partial charge in [-0.05, 0) is 13.0 Å². The summed E-state index contributed by atoms with van der Waals surface area (Å²) in [6, 6.07) is 2.01. The summed E-state index contributed by atoms with van der Waals surface area (Å²) in [4.78, 5) is 7.47. The smallest absolute Gasteiger partial charge is 0.151 e. The van der Waals surface area contributed by atoms with Crippen molar-refractivity contribution in [3.05, 3.63) is 23.5 Å². The van der Waals surface area contributed by atoms with E-state index in [9.17, 15) is 0 Å². The number of rotatable bonds is 2. The van der Waals surface area contributed by atoms with Crippen LogP contribution in [-0.4, -0.2) is 27.2 Å². The Balaban J connectivity index is 2.28. The SMILES string of the molecule is CNc1c(-c2nnc(C)s2)cnc2[nH]ccc12. The van der Waals surface area contributed by atoms with Crippen molar-refractivity contribution in [2.24, 2.45) is 0 Å². The predicted molar refractivity (Wildman–Crippen MR) is 69.3 cm³/mol. The molecule has 0 aromatic carbocycles. The number of aromatic nitrogens is 4. The quantitative estimate of drug-likeness (QED) is 0.727. The van der Waals surface area contributed by atoms with Crippen molar-refractivity contribution >= 4 is 28.1 Å². The second-order valence-electron chi connectivity index (χ2n) is 3.66. The standard InChI is InChI=1S/C11H11N5S/c1-6-15-16-11(17-6)8-5-14-10-7(3-4-13-10)9(8)12-2/h3-5H,1-2H3,(H2,12,13,14). The van der Waals surface area contributed by atoms with Crippen molar-refractivity contribution in [1.29, 1.82) is 0 Å². The summed E-state index contributed by atoms with van der Waals surface area (Å²) in [7, 11) is 1.90. The summed E-state index contributed by atoms with van der Waals surface area (Å²) in [6.07, 6.45) is 3.71. The fourth-order valence-corrected chi connectivity index (χ4v) is 2.55. The third-order valence-electron chi connectivity index (χ3n) is 2.59. The highest BCUT2D eigenvalue weighted by Gasteiger charge is 2.13. The summed E-state index contributed by atoms with van der Waals surface area (Å²) in [5.74, 6) is 0. The molecule has 3 aromatic heterocycles. The molecule has 0 bridgehead atoms. The van der Waals surface area contributed by atoms with E-state index < -0.39 is 0 Å². The molecular formula is C11H11N5S. The molecule has 0 aliphatic carbocycles. The summed E-state index contributed by atoms with van der Waals surface area (Å²) in [5.41, 5.74) is 2.90. The lowest BCUT2D eigenvalue weighted by atomic mass is 10.2.